The molecule has 3 aromatic rings. The minimum Gasteiger partial charge on any atom is -0.311 e. The number of hydrogen-bond donors (Lipinski definition) is 0. The molecule has 0 radical (unpaired) electrons. The summed E-state index contributed by atoms with van der Waals surface area (Å²) < 4.78 is 14.8. The van der Waals surface area contributed by atoms with Gasteiger partial charge in [0.05, 0.1) is 18.2 Å². The summed E-state index contributed by atoms with van der Waals surface area (Å²) in [5.74, 6) is 0.958. The topological polar surface area (TPSA) is 69.9 Å². The van der Waals surface area contributed by atoms with Crippen LogP contribution >= 0.6 is 34.9 Å². The van der Waals surface area contributed by atoms with E-state index in [0.717, 1.165) is 14.4 Å². The predicted octanol–water partition coefficient (Wildman–Crippen LogP) is 6.13. The standard InChI is InChI=1S/C23H23FN4OS3/c1-16(2)18-6-4-17(5-7-18)14-30-22-26-27-23(32-22)31-15-21(29)28(13-3-12-25)20-10-8-19(24)9-11-20/h4-11,16H,3,13-15H2,1-2H3. The molecule has 0 aliphatic carbocycles. The molecule has 0 bridgehead atoms. The number of thioether (sulfide) groups is 2. The van der Waals surface area contributed by atoms with Gasteiger partial charge in [-0.05, 0) is 41.3 Å². The minimum absolute atomic E-state index is 0.161. The van der Waals surface area contributed by atoms with Crippen molar-refractivity contribution in [2.45, 2.75) is 40.6 Å². The molecule has 2 aromatic carbocycles. The molecule has 9 heteroatoms. The number of hydrogen-bond acceptors (Lipinski definition) is 7. The molecule has 0 fully saturated rings. The Balaban J connectivity index is 1.54. The van der Waals surface area contributed by atoms with Gasteiger partial charge in [0.25, 0.3) is 0 Å². The van der Waals surface area contributed by atoms with Crippen molar-refractivity contribution in [1.29, 1.82) is 5.26 Å². The zero-order valence-electron chi connectivity index (χ0n) is 17.8. The molecule has 166 valence electrons. The largest absolute Gasteiger partial charge is 0.311 e. The fourth-order valence-electron chi connectivity index (χ4n) is 2.84. The van der Waals surface area contributed by atoms with Crippen LogP contribution in [-0.2, 0) is 10.5 Å². The Morgan fingerprint density at radius 1 is 1.09 bits per heavy atom. The molecular formula is C23H23FN4OS3. The zero-order valence-corrected chi connectivity index (χ0v) is 20.3. The average molecular weight is 487 g/mol. The van der Waals surface area contributed by atoms with Crippen molar-refractivity contribution in [3.8, 4) is 6.07 Å². The Labute approximate surface area is 200 Å². The van der Waals surface area contributed by atoms with E-state index in [9.17, 15) is 9.18 Å². The van der Waals surface area contributed by atoms with Crippen LogP contribution < -0.4 is 4.90 Å². The lowest BCUT2D eigenvalue weighted by Crippen LogP contribution is -2.33. The van der Waals surface area contributed by atoms with Gasteiger partial charge in [0, 0.05) is 18.0 Å². The highest BCUT2D eigenvalue weighted by Crippen LogP contribution is 2.31. The first kappa shape index (κ1) is 24.2. The Morgan fingerprint density at radius 3 is 2.38 bits per heavy atom. The predicted molar refractivity (Wildman–Crippen MR) is 130 cm³/mol. The SMILES string of the molecule is CC(C)c1ccc(CSc2nnc(SCC(=O)N(CCC#N)c3ccc(F)cc3)s2)cc1. The molecule has 0 spiro atoms. The van der Waals surface area contributed by atoms with Crippen molar-refractivity contribution in [2.24, 2.45) is 0 Å². The quantitative estimate of drug-likeness (QED) is 0.321. The maximum absolute atomic E-state index is 13.2. The van der Waals surface area contributed by atoms with Crippen molar-refractivity contribution in [3.05, 3.63) is 65.5 Å². The number of amides is 1. The van der Waals surface area contributed by atoms with Gasteiger partial charge in [0.15, 0.2) is 8.68 Å². The van der Waals surface area contributed by atoms with Crippen LogP contribution in [0, 0.1) is 17.1 Å². The third-order valence-electron chi connectivity index (χ3n) is 4.60. The Hall–Kier alpha value is -2.41. The molecule has 1 amide bonds. The fraction of sp³-hybridized carbons (Fsp3) is 0.304. The normalized spacial score (nSPS) is 10.8. The number of halogens is 1. The minimum atomic E-state index is -0.370. The molecule has 0 atom stereocenters. The van der Waals surface area contributed by atoms with Gasteiger partial charge in [-0.25, -0.2) is 4.39 Å². The molecule has 0 saturated heterocycles. The highest BCUT2D eigenvalue weighted by atomic mass is 32.2. The molecule has 1 aromatic heterocycles. The van der Waals surface area contributed by atoms with E-state index < -0.39 is 0 Å². The van der Waals surface area contributed by atoms with Crippen LogP contribution in [0.5, 0.6) is 0 Å². The van der Waals surface area contributed by atoms with Crippen molar-refractivity contribution < 1.29 is 9.18 Å². The first-order valence-electron chi connectivity index (χ1n) is 10.1. The first-order chi connectivity index (χ1) is 15.5. The number of rotatable bonds is 10. The average Bonchev–Trinajstić information content (AvgIpc) is 3.26. The van der Waals surface area contributed by atoms with Gasteiger partial charge in [0.2, 0.25) is 5.91 Å². The van der Waals surface area contributed by atoms with E-state index in [1.807, 2.05) is 6.07 Å². The second kappa shape index (κ2) is 12.0. The summed E-state index contributed by atoms with van der Waals surface area (Å²) >= 11 is 4.40. The van der Waals surface area contributed by atoms with E-state index in [1.54, 1.807) is 23.9 Å². The van der Waals surface area contributed by atoms with Gasteiger partial charge in [-0.15, -0.1) is 10.2 Å². The molecule has 1 heterocycles. The molecule has 0 N–H and O–H groups in total. The summed E-state index contributed by atoms with van der Waals surface area (Å²) in [4.78, 5) is 14.3. The van der Waals surface area contributed by atoms with Crippen LogP contribution in [0.15, 0.2) is 57.2 Å². The molecule has 0 unspecified atom stereocenters. The van der Waals surface area contributed by atoms with Gasteiger partial charge in [-0.1, -0.05) is 73.0 Å². The van der Waals surface area contributed by atoms with Gasteiger partial charge in [-0.2, -0.15) is 5.26 Å². The lowest BCUT2D eigenvalue weighted by Gasteiger charge is -2.21. The molecule has 32 heavy (non-hydrogen) atoms. The maximum Gasteiger partial charge on any atom is 0.237 e. The first-order valence-corrected chi connectivity index (χ1v) is 12.9. The van der Waals surface area contributed by atoms with E-state index >= 15 is 0 Å². The monoisotopic (exact) mass is 486 g/mol. The number of carbonyl (C=O) groups excluding carboxylic acids is 1. The number of anilines is 1. The van der Waals surface area contributed by atoms with Crippen molar-refractivity contribution >= 4 is 46.5 Å². The van der Waals surface area contributed by atoms with Crippen LogP contribution in [0.25, 0.3) is 0 Å². The Bertz CT molecular complexity index is 1060. The Morgan fingerprint density at radius 2 is 1.75 bits per heavy atom. The van der Waals surface area contributed by atoms with Gasteiger partial charge in [0.1, 0.15) is 5.82 Å². The van der Waals surface area contributed by atoms with Crippen LogP contribution in [0.4, 0.5) is 10.1 Å². The summed E-state index contributed by atoms with van der Waals surface area (Å²) in [6.45, 7) is 4.61. The van der Waals surface area contributed by atoms with Crippen LogP contribution in [0.1, 0.15) is 37.3 Å². The molecule has 0 saturated carbocycles. The number of nitriles is 1. The van der Waals surface area contributed by atoms with Gasteiger partial charge < -0.3 is 4.90 Å². The zero-order chi connectivity index (χ0) is 22.9. The van der Waals surface area contributed by atoms with Crippen molar-refractivity contribution in [2.75, 3.05) is 17.2 Å². The van der Waals surface area contributed by atoms with E-state index in [0.29, 0.717) is 11.6 Å². The smallest absolute Gasteiger partial charge is 0.237 e. The van der Waals surface area contributed by atoms with E-state index in [2.05, 4.69) is 48.3 Å². The van der Waals surface area contributed by atoms with E-state index in [1.165, 1.54) is 51.3 Å². The third-order valence-corrected chi connectivity index (χ3v) is 7.85. The van der Waals surface area contributed by atoms with Gasteiger partial charge >= 0.3 is 0 Å². The molecule has 3 rings (SSSR count). The maximum atomic E-state index is 13.2. The lowest BCUT2D eigenvalue weighted by atomic mass is 10.0. The molecule has 5 nitrogen and oxygen atoms in total. The highest BCUT2D eigenvalue weighted by Gasteiger charge is 2.17. The number of aromatic nitrogens is 2. The summed E-state index contributed by atoms with van der Waals surface area (Å²) in [6.07, 6.45) is 0.200. The summed E-state index contributed by atoms with van der Waals surface area (Å²) in [5, 5.41) is 17.3. The number of carbonyl (C=O) groups is 1. The number of benzene rings is 2. The van der Waals surface area contributed by atoms with Gasteiger partial charge in [-0.3, -0.25) is 4.79 Å². The summed E-state index contributed by atoms with van der Waals surface area (Å²) in [6, 6.07) is 16.4. The van der Waals surface area contributed by atoms with Crippen LogP contribution in [-0.4, -0.2) is 28.4 Å². The third kappa shape index (κ3) is 7.05. The van der Waals surface area contributed by atoms with E-state index in [-0.39, 0.29) is 30.4 Å². The van der Waals surface area contributed by atoms with Crippen molar-refractivity contribution in [3.63, 3.8) is 0 Å². The lowest BCUT2D eigenvalue weighted by molar-refractivity contribution is -0.116. The number of nitrogens with zero attached hydrogens (tertiary/aromatic N) is 4. The molecule has 0 aliphatic heterocycles. The van der Waals surface area contributed by atoms with E-state index in [4.69, 9.17) is 5.26 Å². The fourth-order valence-corrected chi connectivity index (χ4v) is 5.69. The molecule has 0 aliphatic rings. The molecular weight excluding hydrogens is 463 g/mol. The summed E-state index contributed by atoms with van der Waals surface area (Å²) in [5.41, 5.74) is 3.12. The highest BCUT2D eigenvalue weighted by molar-refractivity contribution is 8.03. The van der Waals surface area contributed by atoms with Crippen molar-refractivity contribution in [1.82, 2.24) is 10.2 Å². The second-order valence-electron chi connectivity index (χ2n) is 7.24. The Kier molecular flexibility index (Phi) is 9.09. The second-order valence-corrected chi connectivity index (χ2v) is 10.7. The summed E-state index contributed by atoms with van der Waals surface area (Å²) in [7, 11) is 0. The van der Waals surface area contributed by atoms with Crippen LogP contribution in [0.2, 0.25) is 0 Å². The van der Waals surface area contributed by atoms with Crippen LogP contribution in [0.3, 0.4) is 0 Å².